The Labute approximate surface area is 204 Å². The fourth-order valence-corrected chi connectivity index (χ4v) is 4.29. The van der Waals surface area contributed by atoms with Crippen LogP contribution in [-0.4, -0.2) is 23.3 Å². The van der Waals surface area contributed by atoms with Crippen LogP contribution in [0.25, 0.3) is 17.0 Å². The molecule has 0 fully saturated rings. The SMILES string of the molecule is CCc1ccc(C2NC(=O)N(c3ccccc3)C(C)=C2c2nc(-c3ccc(OC)cc3)no2)cc1. The molecule has 0 radical (unpaired) electrons. The van der Waals surface area contributed by atoms with Crippen LogP contribution in [0, 0.1) is 0 Å². The highest BCUT2D eigenvalue weighted by Gasteiger charge is 2.36. The predicted octanol–water partition coefficient (Wildman–Crippen LogP) is 6.01. The third kappa shape index (κ3) is 4.28. The van der Waals surface area contributed by atoms with Gasteiger partial charge in [0.1, 0.15) is 5.75 Å². The van der Waals surface area contributed by atoms with Gasteiger partial charge in [0, 0.05) is 11.3 Å². The highest BCUT2D eigenvalue weighted by atomic mass is 16.5. The van der Waals surface area contributed by atoms with Crippen LogP contribution in [-0.2, 0) is 6.42 Å². The molecule has 4 aromatic rings. The molecule has 35 heavy (non-hydrogen) atoms. The number of amides is 2. The van der Waals surface area contributed by atoms with Crippen molar-refractivity contribution >= 4 is 17.3 Å². The van der Waals surface area contributed by atoms with E-state index < -0.39 is 6.04 Å². The number of urea groups is 1. The van der Waals surface area contributed by atoms with Crippen molar-refractivity contribution in [3.05, 3.63) is 102 Å². The molecule has 0 bridgehead atoms. The molecule has 0 saturated heterocycles. The van der Waals surface area contributed by atoms with Crippen molar-refractivity contribution < 1.29 is 14.1 Å². The summed E-state index contributed by atoms with van der Waals surface area (Å²) < 4.78 is 11.0. The van der Waals surface area contributed by atoms with E-state index in [0.717, 1.165) is 40.3 Å². The zero-order valence-electron chi connectivity index (χ0n) is 19.9. The first-order valence-corrected chi connectivity index (χ1v) is 11.5. The minimum atomic E-state index is -0.433. The molecular formula is C28H26N4O3. The van der Waals surface area contributed by atoms with Crippen LogP contribution < -0.4 is 15.0 Å². The maximum Gasteiger partial charge on any atom is 0.326 e. The Morgan fingerprint density at radius 2 is 1.71 bits per heavy atom. The molecule has 2 heterocycles. The van der Waals surface area contributed by atoms with Gasteiger partial charge in [0.25, 0.3) is 5.89 Å². The van der Waals surface area contributed by atoms with Gasteiger partial charge in [-0.1, -0.05) is 54.5 Å². The van der Waals surface area contributed by atoms with Crippen LogP contribution in [0.5, 0.6) is 5.75 Å². The van der Waals surface area contributed by atoms with Gasteiger partial charge in [-0.3, -0.25) is 4.90 Å². The number of carbonyl (C=O) groups excluding carboxylic acids is 1. The molecular weight excluding hydrogens is 440 g/mol. The fraction of sp³-hybridized carbons (Fsp3) is 0.179. The first kappa shape index (κ1) is 22.4. The minimum Gasteiger partial charge on any atom is -0.497 e. The van der Waals surface area contributed by atoms with E-state index in [-0.39, 0.29) is 6.03 Å². The molecule has 7 heteroatoms. The number of hydrogen-bond donors (Lipinski definition) is 1. The van der Waals surface area contributed by atoms with Crippen LogP contribution >= 0.6 is 0 Å². The minimum absolute atomic E-state index is 0.211. The summed E-state index contributed by atoms with van der Waals surface area (Å²) in [6, 6.07) is 24.6. The van der Waals surface area contributed by atoms with Gasteiger partial charge in [-0.2, -0.15) is 4.98 Å². The van der Waals surface area contributed by atoms with Crippen molar-refractivity contribution in [2.24, 2.45) is 0 Å². The van der Waals surface area contributed by atoms with Crippen molar-refractivity contribution in [3.8, 4) is 17.1 Å². The number of allylic oxidation sites excluding steroid dienone is 1. The molecule has 0 saturated carbocycles. The number of nitrogens with zero attached hydrogens (tertiary/aromatic N) is 3. The molecule has 176 valence electrons. The van der Waals surface area contributed by atoms with Crippen molar-refractivity contribution in [1.29, 1.82) is 0 Å². The van der Waals surface area contributed by atoms with Crippen molar-refractivity contribution in [3.63, 3.8) is 0 Å². The molecule has 1 atom stereocenters. The third-order valence-corrected chi connectivity index (χ3v) is 6.23. The molecule has 1 N–H and O–H groups in total. The number of para-hydroxylation sites is 1. The van der Waals surface area contributed by atoms with Crippen LogP contribution in [0.4, 0.5) is 10.5 Å². The maximum atomic E-state index is 13.3. The Bertz CT molecular complexity index is 1360. The number of nitrogens with one attached hydrogen (secondary N) is 1. The highest BCUT2D eigenvalue weighted by molar-refractivity contribution is 6.01. The number of rotatable bonds is 6. The zero-order chi connectivity index (χ0) is 24.4. The van der Waals surface area contributed by atoms with E-state index >= 15 is 0 Å². The van der Waals surface area contributed by atoms with Crippen molar-refractivity contribution in [2.75, 3.05) is 12.0 Å². The van der Waals surface area contributed by atoms with Gasteiger partial charge in [0.05, 0.1) is 24.4 Å². The number of hydrogen-bond acceptors (Lipinski definition) is 5. The lowest BCUT2D eigenvalue weighted by molar-refractivity contribution is 0.244. The molecule has 7 nitrogen and oxygen atoms in total. The Balaban J connectivity index is 1.61. The monoisotopic (exact) mass is 466 g/mol. The lowest BCUT2D eigenvalue weighted by Crippen LogP contribution is -2.46. The van der Waals surface area contributed by atoms with E-state index in [0.29, 0.717) is 11.7 Å². The number of anilines is 1. The molecule has 2 amide bonds. The van der Waals surface area contributed by atoms with E-state index in [1.807, 2.05) is 73.7 Å². The maximum absolute atomic E-state index is 13.3. The van der Waals surface area contributed by atoms with Crippen LogP contribution in [0.3, 0.4) is 0 Å². The van der Waals surface area contributed by atoms with Gasteiger partial charge in [-0.05, 0) is 60.9 Å². The normalized spacial score (nSPS) is 15.8. The Hall–Kier alpha value is -4.39. The smallest absolute Gasteiger partial charge is 0.326 e. The van der Waals surface area contributed by atoms with E-state index in [2.05, 4.69) is 29.5 Å². The second kappa shape index (κ2) is 9.46. The van der Waals surface area contributed by atoms with Gasteiger partial charge >= 0.3 is 6.03 Å². The van der Waals surface area contributed by atoms with Gasteiger partial charge in [-0.25, -0.2) is 4.79 Å². The van der Waals surface area contributed by atoms with Crippen LogP contribution in [0.2, 0.25) is 0 Å². The standard InChI is InChI=1S/C28H26N4O3/c1-4-19-10-12-20(13-11-19)25-24(18(2)32(28(33)29-25)22-8-6-5-7-9-22)27-30-26(31-35-27)21-14-16-23(34-3)17-15-21/h5-17,25H,4H2,1-3H3,(H,29,33). The van der Waals surface area contributed by atoms with Crippen molar-refractivity contribution in [1.82, 2.24) is 15.5 Å². The molecule has 3 aromatic carbocycles. The summed E-state index contributed by atoms with van der Waals surface area (Å²) in [6.07, 6.45) is 0.940. The van der Waals surface area contributed by atoms with Crippen LogP contribution in [0.1, 0.15) is 36.9 Å². The number of carbonyl (C=O) groups is 1. The van der Waals surface area contributed by atoms with E-state index in [1.54, 1.807) is 12.0 Å². The summed E-state index contributed by atoms with van der Waals surface area (Å²) in [5.74, 6) is 1.57. The average Bonchev–Trinajstić information content (AvgIpc) is 3.39. The molecule has 1 unspecified atom stereocenters. The summed E-state index contributed by atoms with van der Waals surface area (Å²) >= 11 is 0. The van der Waals surface area contributed by atoms with Crippen molar-refractivity contribution in [2.45, 2.75) is 26.3 Å². The Kier molecular flexibility index (Phi) is 6.06. The highest BCUT2D eigenvalue weighted by Crippen LogP contribution is 2.39. The second-order valence-corrected chi connectivity index (χ2v) is 8.30. The average molecular weight is 467 g/mol. The lowest BCUT2D eigenvalue weighted by Gasteiger charge is -2.35. The van der Waals surface area contributed by atoms with Gasteiger partial charge < -0.3 is 14.6 Å². The van der Waals surface area contributed by atoms with Crippen LogP contribution in [0.15, 0.2) is 89.1 Å². The number of benzene rings is 3. The van der Waals surface area contributed by atoms with Gasteiger partial charge in [0.2, 0.25) is 5.82 Å². The molecule has 1 aromatic heterocycles. The first-order chi connectivity index (χ1) is 17.1. The lowest BCUT2D eigenvalue weighted by atomic mass is 9.93. The second-order valence-electron chi connectivity index (χ2n) is 8.30. The Morgan fingerprint density at radius 1 is 1.00 bits per heavy atom. The summed E-state index contributed by atoms with van der Waals surface area (Å²) in [6.45, 7) is 4.02. The zero-order valence-corrected chi connectivity index (χ0v) is 19.9. The summed E-state index contributed by atoms with van der Waals surface area (Å²) in [5.41, 5.74) is 5.22. The number of methoxy groups -OCH3 is 1. The Morgan fingerprint density at radius 3 is 2.37 bits per heavy atom. The fourth-order valence-electron chi connectivity index (χ4n) is 4.29. The summed E-state index contributed by atoms with van der Waals surface area (Å²) in [4.78, 5) is 19.6. The number of aromatic nitrogens is 2. The largest absolute Gasteiger partial charge is 0.497 e. The molecule has 1 aliphatic heterocycles. The van der Waals surface area contributed by atoms with E-state index in [9.17, 15) is 4.79 Å². The topological polar surface area (TPSA) is 80.5 Å². The molecule has 5 rings (SSSR count). The molecule has 0 aliphatic carbocycles. The van der Waals surface area contributed by atoms with E-state index in [4.69, 9.17) is 14.2 Å². The predicted molar refractivity (Wildman–Crippen MR) is 135 cm³/mol. The first-order valence-electron chi connectivity index (χ1n) is 11.5. The number of ether oxygens (including phenoxy) is 1. The summed E-state index contributed by atoms with van der Waals surface area (Å²) in [5, 5.41) is 7.38. The number of aryl methyl sites for hydroxylation is 1. The van der Waals surface area contributed by atoms with E-state index in [1.165, 1.54) is 5.56 Å². The molecule has 1 aliphatic rings. The van der Waals surface area contributed by atoms with Gasteiger partial charge in [-0.15, -0.1) is 0 Å². The third-order valence-electron chi connectivity index (χ3n) is 6.23. The summed E-state index contributed by atoms with van der Waals surface area (Å²) in [7, 11) is 1.62. The molecule has 0 spiro atoms. The van der Waals surface area contributed by atoms with Gasteiger partial charge in [0.15, 0.2) is 0 Å². The quantitative estimate of drug-likeness (QED) is 0.376.